The number of rotatable bonds is 10. The van der Waals surface area contributed by atoms with E-state index in [0.29, 0.717) is 19.3 Å². The molecule has 0 aliphatic rings. The third kappa shape index (κ3) is 8.11. The summed E-state index contributed by atoms with van der Waals surface area (Å²) in [5, 5.41) is 20.2. The number of nitrogens with zero attached hydrogens (tertiary/aromatic N) is 1. The summed E-state index contributed by atoms with van der Waals surface area (Å²) in [6, 6.07) is -0.995. The van der Waals surface area contributed by atoms with Gasteiger partial charge in [0.05, 0.1) is 13.2 Å². The summed E-state index contributed by atoms with van der Waals surface area (Å²) in [5.74, 6) is -1.33. The van der Waals surface area contributed by atoms with E-state index >= 15 is 0 Å². The molecule has 0 spiro atoms. The van der Waals surface area contributed by atoms with E-state index in [1.807, 2.05) is 6.92 Å². The molecule has 0 aromatic rings. The SMILES string of the molecule is CCC(C)C(NC(=O)OCCCCO[N+](=O)[O-])C(=O)O. The van der Waals surface area contributed by atoms with Gasteiger partial charge in [0.2, 0.25) is 0 Å². The van der Waals surface area contributed by atoms with Crippen molar-refractivity contribution in [2.24, 2.45) is 5.92 Å². The third-order valence-electron chi connectivity index (χ3n) is 2.72. The molecule has 20 heavy (non-hydrogen) atoms. The van der Waals surface area contributed by atoms with Crippen molar-refractivity contribution in [3.63, 3.8) is 0 Å². The number of hydrogen-bond donors (Lipinski definition) is 2. The summed E-state index contributed by atoms with van der Waals surface area (Å²) in [6.45, 7) is 3.51. The Morgan fingerprint density at radius 2 is 1.95 bits per heavy atom. The number of carboxylic acid groups (broad SMARTS) is 1. The number of ether oxygens (including phenoxy) is 1. The zero-order valence-corrected chi connectivity index (χ0v) is 11.5. The van der Waals surface area contributed by atoms with E-state index in [-0.39, 0.29) is 19.1 Å². The van der Waals surface area contributed by atoms with Crippen LogP contribution in [0.25, 0.3) is 0 Å². The van der Waals surface area contributed by atoms with Crippen LogP contribution in [-0.4, -0.2) is 41.5 Å². The van der Waals surface area contributed by atoms with Crippen molar-refractivity contribution in [2.45, 2.75) is 39.2 Å². The lowest BCUT2D eigenvalue weighted by atomic mass is 10.00. The van der Waals surface area contributed by atoms with Crippen LogP contribution in [0.2, 0.25) is 0 Å². The lowest BCUT2D eigenvalue weighted by Gasteiger charge is -2.19. The van der Waals surface area contributed by atoms with Gasteiger partial charge in [-0.15, -0.1) is 10.1 Å². The van der Waals surface area contributed by atoms with E-state index in [1.165, 1.54) is 0 Å². The number of hydrogen-bond acceptors (Lipinski definition) is 6. The van der Waals surface area contributed by atoms with E-state index in [2.05, 4.69) is 10.2 Å². The maximum absolute atomic E-state index is 11.4. The highest BCUT2D eigenvalue weighted by Crippen LogP contribution is 2.08. The van der Waals surface area contributed by atoms with Crippen LogP contribution in [0, 0.1) is 16.0 Å². The molecule has 0 bridgehead atoms. The Kier molecular flexibility index (Phi) is 8.80. The minimum atomic E-state index is -1.12. The summed E-state index contributed by atoms with van der Waals surface area (Å²) in [6.07, 6.45) is 0.549. The molecule has 0 aromatic carbocycles. The largest absolute Gasteiger partial charge is 0.480 e. The van der Waals surface area contributed by atoms with Gasteiger partial charge in [-0.3, -0.25) is 0 Å². The molecule has 0 aliphatic carbocycles. The number of unbranched alkanes of at least 4 members (excludes halogenated alkanes) is 1. The molecule has 2 unspecified atom stereocenters. The van der Waals surface area contributed by atoms with Crippen molar-refractivity contribution in [3.8, 4) is 0 Å². The highest BCUT2D eigenvalue weighted by atomic mass is 16.9. The number of nitrogens with one attached hydrogen (secondary N) is 1. The van der Waals surface area contributed by atoms with Crippen molar-refractivity contribution in [2.75, 3.05) is 13.2 Å². The first-order valence-corrected chi connectivity index (χ1v) is 6.31. The normalized spacial score (nSPS) is 13.1. The zero-order chi connectivity index (χ0) is 15.5. The van der Waals surface area contributed by atoms with E-state index < -0.39 is 23.2 Å². The maximum Gasteiger partial charge on any atom is 0.407 e. The first-order valence-electron chi connectivity index (χ1n) is 6.31. The second-order valence-electron chi connectivity index (χ2n) is 4.25. The number of aliphatic carboxylic acids is 1. The van der Waals surface area contributed by atoms with Gasteiger partial charge >= 0.3 is 12.1 Å². The minimum Gasteiger partial charge on any atom is -0.480 e. The summed E-state index contributed by atoms with van der Waals surface area (Å²) in [4.78, 5) is 36.3. The van der Waals surface area contributed by atoms with Gasteiger partial charge < -0.3 is 20.0 Å². The second-order valence-corrected chi connectivity index (χ2v) is 4.25. The molecule has 1 amide bonds. The summed E-state index contributed by atoms with van der Waals surface area (Å²) < 4.78 is 4.79. The molecule has 116 valence electrons. The lowest BCUT2D eigenvalue weighted by Crippen LogP contribution is -2.45. The molecule has 0 fully saturated rings. The van der Waals surface area contributed by atoms with E-state index in [4.69, 9.17) is 9.84 Å². The monoisotopic (exact) mass is 292 g/mol. The van der Waals surface area contributed by atoms with Gasteiger partial charge in [0.25, 0.3) is 5.09 Å². The van der Waals surface area contributed by atoms with Crippen LogP contribution < -0.4 is 5.32 Å². The fourth-order valence-electron chi connectivity index (χ4n) is 1.36. The van der Waals surface area contributed by atoms with Crippen molar-refractivity contribution in [1.82, 2.24) is 5.32 Å². The van der Waals surface area contributed by atoms with Crippen molar-refractivity contribution < 1.29 is 29.4 Å². The Morgan fingerprint density at radius 3 is 2.45 bits per heavy atom. The number of carboxylic acids is 1. The number of carbonyl (C=O) groups excluding carboxylic acids is 1. The quantitative estimate of drug-likeness (QED) is 0.351. The minimum absolute atomic E-state index is 0.0414. The maximum atomic E-state index is 11.4. The molecule has 0 rings (SSSR count). The summed E-state index contributed by atoms with van der Waals surface area (Å²) in [5.41, 5.74) is 0. The first-order chi connectivity index (χ1) is 9.38. The molecule has 0 saturated carbocycles. The lowest BCUT2D eigenvalue weighted by molar-refractivity contribution is -0.757. The van der Waals surface area contributed by atoms with Gasteiger partial charge in [0.1, 0.15) is 6.04 Å². The summed E-state index contributed by atoms with van der Waals surface area (Å²) >= 11 is 0. The van der Waals surface area contributed by atoms with Crippen LogP contribution in [0.4, 0.5) is 4.79 Å². The van der Waals surface area contributed by atoms with Crippen LogP contribution in [0.5, 0.6) is 0 Å². The van der Waals surface area contributed by atoms with Crippen LogP contribution in [0.3, 0.4) is 0 Å². The van der Waals surface area contributed by atoms with Crippen LogP contribution in [0.1, 0.15) is 33.1 Å². The van der Waals surface area contributed by atoms with E-state index in [1.54, 1.807) is 6.92 Å². The van der Waals surface area contributed by atoms with Gasteiger partial charge in [0, 0.05) is 0 Å². The van der Waals surface area contributed by atoms with Crippen molar-refractivity contribution in [1.29, 1.82) is 0 Å². The van der Waals surface area contributed by atoms with Crippen molar-refractivity contribution in [3.05, 3.63) is 10.1 Å². The highest BCUT2D eigenvalue weighted by Gasteiger charge is 2.25. The molecular weight excluding hydrogens is 272 g/mol. The van der Waals surface area contributed by atoms with Gasteiger partial charge in [0.15, 0.2) is 0 Å². The molecule has 0 aromatic heterocycles. The molecular formula is C11H20N2O7. The molecule has 2 atom stereocenters. The predicted octanol–water partition coefficient (Wildman–Crippen LogP) is 1.20. The topological polar surface area (TPSA) is 128 Å². The Bertz CT molecular complexity index is 335. The standard InChI is InChI=1S/C11H20N2O7/c1-3-8(2)9(10(14)15)12-11(16)19-6-4-5-7-20-13(17)18/h8-9H,3-7H2,1-2H3,(H,12,16)(H,14,15). The molecule has 0 aliphatic heterocycles. The Morgan fingerprint density at radius 1 is 1.35 bits per heavy atom. The van der Waals surface area contributed by atoms with E-state index in [9.17, 15) is 19.7 Å². The highest BCUT2D eigenvalue weighted by molar-refractivity contribution is 5.80. The molecule has 9 nitrogen and oxygen atoms in total. The van der Waals surface area contributed by atoms with Crippen LogP contribution >= 0.6 is 0 Å². The average Bonchev–Trinajstić information content (AvgIpc) is 2.38. The Labute approximate surface area is 116 Å². The van der Waals surface area contributed by atoms with Gasteiger partial charge in [-0.05, 0) is 18.8 Å². The van der Waals surface area contributed by atoms with Crippen LogP contribution in [0.15, 0.2) is 0 Å². The number of carbonyl (C=O) groups is 2. The number of amides is 1. The Hall–Kier alpha value is -2.06. The fraction of sp³-hybridized carbons (Fsp3) is 0.818. The zero-order valence-electron chi connectivity index (χ0n) is 11.5. The van der Waals surface area contributed by atoms with Crippen LogP contribution in [-0.2, 0) is 14.4 Å². The number of alkyl carbamates (subject to hydrolysis) is 1. The van der Waals surface area contributed by atoms with Gasteiger partial charge in [-0.1, -0.05) is 20.3 Å². The molecule has 0 heterocycles. The molecule has 0 radical (unpaired) electrons. The first kappa shape index (κ1) is 17.9. The Balaban J connectivity index is 3.86. The third-order valence-corrected chi connectivity index (χ3v) is 2.72. The fourth-order valence-corrected chi connectivity index (χ4v) is 1.36. The van der Waals surface area contributed by atoms with E-state index in [0.717, 1.165) is 0 Å². The second kappa shape index (κ2) is 9.82. The smallest absolute Gasteiger partial charge is 0.407 e. The molecule has 0 saturated heterocycles. The predicted molar refractivity (Wildman–Crippen MR) is 67.5 cm³/mol. The molecule has 2 N–H and O–H groups in total. The molecule has 9 heteroatoms. The van der Waals surface area contributed by atoms with Crippen molar-refractivity contribution >= 4 is 12.1 Å². The summed E-state index contributed by atoms with van der Waals surface area (Å²) in [7, 11) is 0. The average molecular weight is 292 g/mol. The van der Waals surface area contributed by atoms with Gasteiger partial charge in [-0.25, -0.2) is 9.59 Å². The van der Waals surface area contributed by atoms with Gasteiger partial charge in [-0.2, -0.15) is 0 Å².